The van der Waals surface area contributed by atoms with Crippen molar-refractivity contribution in [3.8, 4) is 0 Å². The Hall–Kier alpha value is -0.760. The van der Waals surface area contributed by atoms with E-state index in [2.05, 4.69) is 14.6 Å². The molecule has 0 radical (unpaired) electrons. The van der Waals surface area contributed by atoms with Gasteiger partial charge in [-0.2, -0.15) is 13.2 Å². The van der Waals surface area contributed by atoms with Crippen LogP contribution >= 0.6 is 9.24 Å². The summed E-state index contributed by atoms with van der Waals surface area (Å²) in [7, 11) is 3.83. The van der Waals surface area contributed by atoms with E-state index >= 15 is 0 Å². The third-order valence-corrected chi connectivity index (χ3v) is 1.90. The number of nitrogens with one attached hydrogen (secondary N) is 1. The lowest BCUT2D eigenvalue weighted by molar-refractivity contribution is -0.137. The maximum Gasteiger partial charge on any atom is 0.416 e. The Bertz CT molecular complexity index is 309. The van der Waals surface area contributed by atoms with Crippen molar-refractivity contribution in [2.75, 3.05) is 12.4 Å². The minimum absolute atomic E-state index is 0.458. The van der Waals surface area contributed by atoms with E-state index in [0.717, 1.165) is 12.1 Å². The van der Waals surface area contributed by atoms with Crippen LogP contribution in [-0.4, -0.2) is 7.05 Å². The van der Waals surface area contributed by atoms with E-state index in [0.29, 0.717) is 11.0 Å². The molecule has 1 aromatic rings. The first kappa shape index (κ1) is 10.3. The molecule has 0 heterocycles. The van der Waals surface area contributed by atoms with Gasteiger partial charge in [0.1, 0.15) is 0 Å². The summed E-state index contributed by atoms with van der Waals surface area (Å²) in [4.78, 5) is 0. The quantitative estimate of drug-likeness (QED) is 0.696. The second kappa shape index (κ2) is 3.54. The maximum atomic E-state index is 12.2. The number of hydrogen-bond donors (Lipinski definition) is 1. The van der Waals surface area contributed by atoms with E-state index in [1.807, 2.05) is 0 Å². The van der Waals surface area contributed by atoms with Crippen LogP contribution in [0.5, 0.6) is 0 Å². The summed E-state index contributed by atoms with van der Waals surface area (Å²) < 4.78 is 36.7. The number of anilines is 1. The number of alkyl halides is 3. The summed E-state index contributed by atoms with van der Waals surface area (Å²) in [5, 5.41) is 3.18. The van der Waals surface area contributed by atoms with Gasteiger partial charge >= 0.3 is 6.18 Å². The normalized spacial score (nSPS) is 11.5. The van der Waals surface area contributed by atoms with Crippen LogP contribution in [0.4, 0.5) is 18.9 Å². The Kier molecular flexibility index (Phi) is 2.81. The van der Waals surface area contributed by atoms with Crippen LogP contribution in [0.25, 0.3) is 0 Å². The second-order valence-electron chi connectivity index (χ2n) is 2.59. The van der Waals surface area contributed by atoms with Gasteiger partial charge in [0.15, 0.2) is 0 Å². The molecule has 1 N–H and O–H groups in total. The highest BCUT2D eigenvalue weighted by atomic mass is 31.0. The van der Waals surface area contributed by atoms with Crippen molar-refractivity contribution in [2.24, 2.45) is 0 Å². The standard InChI is InChI=1S/C8H9F3NP/c1-12-6-2-5(8(9,10)11)3-7(13)4-6/h2-4,12H,13H2,1H3. The summed E-state index contributed by atoms with van der Waals surface area (Å²) in [5.74, 6) is 0. The summed E-state index contributed by atoms with van der Waals surface area (Å²) in [6, 6.07) is 3.79. The zero-order chi connectivity index (χ0) is 10.1. The Morgan fingerprint density at radius 3 is 2.31 bits per heavy atom. The predicted octanol–water partition coefficient (Wildman–Crippen LogP) is 2.25. The van der Waals surface area contributed by atoms with Gasteiger partial charge in [-0.3, -0.25) is 0 Å². The zero-order valence-electron chi connectivity index (χ0n) is 6.94. The highest BCUT2D eigenvalue weighted by molar-refractivity contribution is 7.27. The largest absolute Gasteiger partial charge is 0.416 e. The summed E-state index contributed by atoms with van der Waals surface area (Å²) >= 11 is 0. The first-order chi connectivity index (χ1) is 5.93. The molecule has 0 spiro atoms. The fourth-order valence-electron chi connectivity index (χ4n) is 0.960. The Morgan fingerprint density at radius 2 is 1.85 bits per heavy atom. The predicted molar refractivity (Wildman–Crippen MR) is 50.3 cm³/mol. The van der Waals surface area contributed by atoms with Crippen LogP contribution in [0.15, 0.2) is 18.2 Å². The molecule has 1 aromatic carbocycles. The van der Waals surface area contributed by atoms with Crippen molar-refractivity contribution >= 4 is 20.2 Å². The average molecular weight is 207 g/mol. The van der Waals surface area contributed by atoms with Gasteiger partial charge in [0.05, 0.1) is 5.56 Å². The minimum atomic E-state index is -4.28. The van der Waals surface area contributed by atoms with Crippen LogP contribution in [0.2, 0.25) is 0 Å². The molecule has 0 amide bonds. The Morgan fingerprint density at radius 1 is 1.23 bits per heavy atom. The summed E-state index contributed by atoms with van der Waals surface area (Å²) in [6.07, 6.45) is -4.28. The fraction of sp³-hybridized carbons (Fsp3) is 0.250. The van der Waals surface area contributed by atoms with E-state index < -0.39 is 11.7 Å². The van der Waals surface area contributed by atoms with Crippen molar-refractivity contribution in [3.05, 3.63) is 23.8 Å². The SMILES string of the molecule is CNc1cc(P)cc(C(F)(F)F)c1. The molecule has 0 saturated heterocycles. The topological polar surface area (TPSA) is 12.0 Å². The second-order valence-corrected chi connectivity index (χ2v) is 3.26. The highest BCUT2D eigenvalue weighted by Gasteiger charge is 2.30. The van der Waals surface area contributed by atoms with E-state index in [-0.39, 0.29) is 0 Å². The molecule has 72 valence electrons. The number of benzene rings is 1. The molecule has 5 heteroatoms. The lowest BCUT2D eigenvalue weighted by Gasteiger charge is -2.09. The molecule has 1 rings (SSSR count). The van der Waals surface area contributed by atoms with Crippen LogP contribution in [-0.2, 0) is 6.18 Å². The van der Waals surface area contributed by atoms with E-state index in [4.69, 9.17) is 0 Å². The lowest BCUT2D eigenvalue weighted by atomic mass is 10.2. The van der Waals surface area contributed by atoms with Crippen LogP contribution in [0.3, 0.4) is 0 Å². The van der Waals surface area contributed by atoms with Crippen LogP contribution < -0.4 is 10.6 Å². The van der Waals surface area contributed by atoms with Gasteiger partial charge < -0.3 is 5.32 Å². The molecular formula is C8H9F3NP. The van der Waals surface area contributed by atoms with Crippen LogP contribution in [0, 0.1) is 0 Å². The zero-order valence-corrected chi connectivity index (χ0v) is 8.10. The Balaban J connectivity index is 3.16. The van der Waals surface area contributed by atoms with E-state index in [1.54, 1.807) is 13.1 Å². The Labute approximate surface area is 76.5 Å². The molecule has 13 heavy (non-hydrogen) atoms. The molecule has 0 fully saturated rings. The molecule has 1 unspecified atom stereocenters. The van der Waals surface area contributed by atoms with Crippen LogP contribution in [0.1, 0.15) is 5.56 Å². The van der Waals surface area contributed by atoms with Crippen molar-refractivity contribution < 1.29 is 13.2 Å². The number of hydrogen-bond acceptors (Lipinski definition) is 1. The van der Waals surface area contributed by atoms with Crippen molar-refractivity contribution in [2.45, 2.75) is 6.18 Å². The van der Waals surface area contributed by atoms with Crippen molar-refractivity contribution in [1.29, 1.82) is 0 Å². The molecule has 1 nitrogen and oxygen atoms in total. The molecule has 0 aliphatic heterocycles. The molecule has 0 aliphatic rings. The minimum Gasteiger partial charge on any atom is -0.388 e. The van der Waals surface area contributed by atoms with Crippen molar-refractivity contribution in [3.63, 3.8) is 0 Å². The highest BCUT2D eigenvalue weighted by Crippen LogP contribution is 2.30. The van der Waals surface area contributed by atoms with Gasteiger partial charge in [-0.25, -0.2) is 0 Å². The molecular weight excluding hydrogens is 198 g/mol. The summed E-state index contributed by atoms with van der Waals surface area (Å²) in [5.41, 5.74) is -0.177. The first-order valence-corrected chi connectivity index (χ1v) is 4.17. The van der Waals surface area contributed by atoms with Gasteiger partial charge in [0.2, 0.25) is 0 Å². The third kappa shape index (κ3) is 2.59. The van der Waals surface area contributed by atoms with Gasteiger partial charge in [-0.15, -0.1) is 9.24 Å². The van der Waals surface area contributed by atoms with Gasteiger partial charge in [0, 0.05) is 12.7 Å². The van der Waals surface area contributed by atoms with E-state index in [1.165, 1.54) is 0 Å². The fourth-order valence-corrected chi connectivity index (χ4v) is 1.32. The molecule has 0 bridgehead atoms. The molecule has 1 atom stereocenters. The molecule has 0 aliphatic carbocycles. The lowest BCUT2D eigenvalue weighted by Crippen LogP contribution is -2.09. The van der Waals surface area contributed by atoms with Gasteiger partial charge in [0.25, 0.3) is 0 Å². The van der Waals surface area contributed by atoms with Gasteiger partial charge in [-0.1, -0.05) is 0 Å². The smallest absolute Gasteiger partial charge is 0.388 e. The number of rotatable bonds is 1. The third-order valence-electron chi connectivity index (χ3n) is 1.57. The number of halogens is 3. The summed E-state index contributed by atoms with van der Waals surface area (Å²) in [6.45, 7) is 0. The molecule has 0 aromatic heterocycles. The maximum absolute atomic E-state index is 12.2. The molecule has 0 saturated carbocycles. The van der Waals surface area contributed by atoms with E-state index in [9.17, 15) is 13.2 Å². The monoisotopic (exact) mass is 207 g/mol. The van der Waals surface area contributed by atoms with Gasteiger partial charge in [-0.05, 0) is 23.5 Å². The first-order valence-electron chi connectivity index (χ1n) is 3.59. The average Bonchev–Trinajstić information content (AvgIpc) is 2.01. The van der Waals surface area contributed by atoms with Crippen molar-refractivity contribution in [1.82, 2.24) is 0 Å².